The number of imidazole rings is 1. The van der Waals surface area contributed by atoms with Crippen molar-refractivity contribution < 1.29 is 4.79 Å². The number of pyridine rings is 1. The normalized spacial score (nSPS) is 11.2. The number of hydrogen-bond donors (Lipinski definition) is 1. The first-order chi connectivity index (χ1) is 15.1. The van der Waals surface area contributed by atoms with Gasteiger partial charge in [0.15, 0.2) is 0 Å². The van der Waals surface area contributed by atoms with Gasteiger partial charge >= 0.3 is 0 Å². The van der Waals surface area contributed by atoms with Crippen molar-refractivity contribution in [3.8, 4) is 11.3 Å². The number of benzene rings is 2. The van der Waals surface area contributed by atoms with E-state index in [9.17, 15) is 4.79 Å². The summed E-state index contributed by atoms with van der Waals surface area (Å²) < 4.78 is 2.06. The fourth-order valence-electron chi connectivity index (χ4n) is 4.49. The van der Waals surface area contributed by atoms with E-state index in [2.05, 4.69) is 75.8 Å². The van der Waals surface area contributed by atoms with Gasteiger partial charge in [-0.3, -0.25) is 4.79 Å². The average molecular weight is 426 g/mol. The lowest BCUT2D eigenvalue weighted by Crippen LogP contribution is -2.18. The topological polar surface area (TPSA) is 46.4 Å². The van der Waals surface area contributed by atoms with Crippen LogP contribution in [0.1, 0.15) is 54.9 Å². The summed E-state index contributed by atoms with van der Waals surface area (Å²) in [5, 5.41) is 3.17. The van der Waals surface area contributed by atoms with Crippen molar-refractivity contribution in [2.45, 2.75) is 55.4 Å². The highest BCUT2D eigenvalue weighted by molar-refractivity contribution is 6.07. The number of aromatic nitrogens is 2. The molecule has 2 heterocycles. The zero-order valence-electron chi connectivity index (χ0n) is 20.3. The van der Waals surface area contributed by atoms with E-state index in [1.807, 2.05) is 26.0 Å². The molecule has 2 aromatic heterocycles. The molecule has 0 atom stereocenters. The van der Waals surface area contributed by atoms with Crippen LogP contribution in [-0.2, 0) is 0 Å². The Morgan fingerprint density at radius 1 is 0.719 bits per heavy atom. The molecule has 2 aromatic carbocycles. The van der Waals surface area contributed by atoms with Gasteiger partial charge in [-0.05, 0) is 112 Å². The number of carbonyl (C=O) groups excluding carboxylic acids is 1. The molecular formula is C28H31N3O. The fraction of sp³-hybridized carbons (Fsp3) is 0.286. The number of rotatable bonds is 3. The van der Waals surface area contributed by atoms with Crippen LogP contribution in [0.2, 0.25) is 0 Å². The summed E-state index contributed by atoms with van der Waals surface area (Å²) in [5.74, 6) is -0.0512. The molecule has 0 aliphatic heterocycles. The van der Waals surface area contributed by atoms with Gasteiger partial charge in [-0.15, -0.1) is 0 Å². The number of hydrogen-bond acceptors (Lipinski definition) is 2. The van der Waals surface area contributed by atoms with E-state index in [1.54, 1.807) is 0 Å². The quantitative estimate of drug-likeness (QED) is 0.396. The Bertz CT molecular complexity index is 1360. The molecule has 0 saturated carbocycles. The lowest BCUT2D eigenvalue weighted by molar-refractivity contribution is 0.102. The van der Waals surface area contributed by atoms with E-state index in [0.717, 1.165) is 50.4 Å². The van der Waals surface area contributed by atoms with Crippen LogP contribution in [0.25, 0.3) is 16.9 Å². The van der Waals surface area contributed by atoms with Crippen LogP contribution in [-0.4, -0.2) is 15.3 Å². The van der Waals surface area contributed by atoms with Crippen LogP contribution in [0, 0.1) is 55.4 Å². The van der Waals surface area contributed by atoms with Gasteiger partial charge in [0.2, 0.25) is 0 Å². The predicted molar refractivity (Wildman–Crippen MR) is 133 cm³/mol. The molecule has 164 valence electrons. The van der Waals surface area contributed by atoms with Crippen LogP contribution in [0.4, 0.5) is 5.69 Å². The summed E-state index contributed by atoms with van der Waals surface area (Å²) in [6.07, 6.45) is 4.14. The highest BCUT2D eigenvalue weighted by Gasteiger charge is 2.20. The molecule has 4 nitrogen and oxygen atoms in total. The molecule has 0 spiro atoms. The Hall–Kier alpha value is -3.40. The number of amides is 1. The van der Waals surface area contributed by atoms with E-state index >= 15 is 0 Å². The molecule has 0 radical (unpaired) electrons. The van der Waals surface area contributed by atoms with Crippen LogP contribution < -0.4 is 5.32 Å². The summed E-state index contributed by atoms with van der Waals surface area (Å²) in [6, 6.07) is 8.15. The van der Waals surface area contributed by atoms with Crippen molar-refractivity contribution in [3.63, 3.8) is 0 Å². The zero-order chi connectivity index (χ0) is 23.3. The molecule has 1 N–H and O–H groups in total. The fourth-order valence-corrected chi connectivity index (χ4v) is 4.49. The second-order valence-electron chi connectivity index (χ2n) is 8.96. The minimum atomic E-state index is -0.0512. The molecule has 0 saturated heterocycles. The van der Waals surface area contributed by atoms with Crippen molar-refractivity contribution in [3.05, 3.63) is 86.7 Å². The number of nitrogens with one attached hydrogen (secondary N) is 1. The Morgan fingerprint density at radius 2 is 1.34 bits per heavy atom. The van der Waals surface area contributed by atoms with E-state index in [4.69, 9.17) is 4.98 Å². The minimum Gasteiger partial charge on any atom is -0.322 e. The van der Waals surface area contributed by atoms with Crippen molar-refractivity contribution in [2.75, 3.05) is 5.32 Å². The number of fused-ring (bicyclic) bond motifs is 1. The Morgan fingerprint density at radius 3 is 2.00 bits per heavy atom. The average Bonchev–Trinajstić information content (AvgIpc) is 3.17. The third-order valence-electron chi connectivity index (χ3n) is 7.14. The second-order valence-corrected chi connectivity index (χ2v) is 8.96. The molecule has 0 aliphatic carbocycles. The van der Waals surface area contributed by atoms with Crippen LogP contribution in [0.5, 0.6) is 0 Å². The van der Waals surface area contributed by atoms with E-state index in [0.29, 0.717) is 0 Å². The standard InChI is InChI=1S/C28H31N3O/c1-15-9-12-26-29-25(14-31(26)13-15)23-10-11-24(20(6)19(23)5)30-28(32)27-21(7)17(3)16(2)18(4)22(27)8/h9-14H,1-8H3,(H,30,32). The van der Waals surface area contributed by atoms with Crippen molar-refractivity contribution in [2.24, 2.45) is 0 Å². The molecule has 4 heteroatoms. The van der Waals surface area contributed by atoms with Gasteiger partial charge in [0, 0.05) is 29.2 Å². The van der Waals surface area contributed by atoms with Gasteiger partial charge in [0.25, 0.3) is 5.91 Å². The largest absolute Gasteiger partial charge is 0.322 e. The monoisotopic (exact) mass is 425 g/mol. The highest BCUT2D eigenvalue weighted by Crippen LogP contribution is 2.31. The van der Waals surface area contributed by atoms with Gasteiger partial charge in [-0.1, -0.05) is 12.1 Å². The Balaban J connectivity index is 1.71. The van der Waals surface area contributed by atoms with Gasteiger partial charge in [-0.25, -0.2) is 4.98 Å². The lowest BCUT2D eigenvalue weighted by atomic mass is 9.89. The molecule has 0 bridgehead atoms. The third kappa shape index (κ3) is 3.50. The Kier molecular flexibility index (Phi) is 5.41. The maximum Gasteiger partial charge on any atom is 0.256 e. The van der Waals surface area contributed by atoms with E-state index in [1.165, 1.54) is 22.3 Å². The van der Waals surface area contributed by atoms with Gasteiger partial charge in [0.05, 0.1) is 5.69 Å². The lowest BCUT2D eigenvalue weighted by Gasteiger charge is -2.19. The maximum absolute atomic E-state index is 13.3. The van der Waals surface area contributed by atoms with Crippen molar-refractivity contribution >= 4 is 17.2 Å². The van der Waals surface area contributed by atoms with Crippen LogP contribution in [0.3, 0.4) is 0 Å². The van der Waals surface area contributed by atoms with E-state index in [-0.39, 0.29) is 5.91 Å². The predicted octanol–water partition coefficient (Wildman–Crippen LogP) is 6.72. The molecule has 4 rings (SSSR count). The number of aryl methyl sites for hydroxylation is 1. The first kappa shape index (κ1) is 21.8. The minimum absolute atomic E-state index is 0.0512. The van der Waals surface area contributed by atoms with Crippen molar-refractivity contribution in [1.82, 2.24) is 9.38 Å². The number of anilines is 1. The zero-order valence-corrected chi connectivity index (χ0v) is 20.3. The summed E-state index contributed by atoms with van der Waals surface area (Å²) in [7, 11) is 0. The summed E-state index contributed by atoms with van der Waals surface area (Å²) in [4.78, 5) is 18.1. The molecule has 32 heavy (non-hydrogen) atoms. The first-order valence-corrected chi connectivity index (χ1v) is 11.0. The highest BCUT2D eigenvalue weighted by atomic mass is 16.1. The maximum atomic E-state index is 13.3. The number of nitrogens with zero attached hydrogens (tertiary/aromatic N) is 2. The molecule has 0 fully saturated rings. The summed E-state index contributed by atoms with van der Waals surface area (Å²) in [6.45, 7) is 16.6. The van der Waals surface area contributed by atoms with Crippen molar-refractivity contribution in [1.29, 1.82) is 0 Å². The summed E-state index contributed by atoms with van der Waals surface area (Å²) >= 11 is 0. The Labute approximate surface area is 190 Å². The molecule has 0 unspecified atom stereocenters. The van der Waals surface area contributed by atoms with Gasteiger partial charge in [-0.2, -0.15) is 0 Å². The van der Waals surface area contributed by atoms with Gasteiger partial charge in [0.1, 0.15) is 5.65 Å². The first-order valence-electron chi connectivity index (χ1n) is 11.0. The summed E-state index contributed by atoms with van der Waals surface area (Å²) in [5.41, 5.74) is 13.7. The van der Waals surface area contributed by atoms with Crippen LogP contribution in [0.15, 0.2) is 36.7 Å². The smallest absolute Gasteiger partial charge is 0.256 e. The SMILES string of the molecule is Cc1ccc2nc(-c3ccc(NC(=O)c4c(C)c(C)c(C)c(C)c4C)c(C)c3C)cn2c1. The van der Waals surface area contributed by atoms with Crippen LogP contribution >= 0.6 is 0 Å². The molecule has 0 aliphatic rings. The molecule has 4 aromatic rings. The van der Waals surface area contributed by atoms with Gasteiger partial charge < -0.3 is 9.72 Å². The molecule has 1 amide bonds. The molecular weight excluding hydrogens is 394 g/mol. The second kappa shape index (κ2) is 7.94. The van der Waals surface area contributed by atoms with E-state index < -0.39 is 0 Å². The third-order valence-corrected chi connectivity index (χ3v) is 7.14. The number of carbonyl (C=O) groups is 1.